The molecule has 1 saturated heterocycles. The summed E-state index contributed by atoms with van der Waals surface area (Å²) in [5.74, 6) is -0.959. The van der Waals surface area contributed by atoms with Crippen molar-refractivity contribution in [3.63, 3.8) is 0 Å². The van der Waals surface area contributed by atoms with E-state index in [1.807, 2.05) is 6.07 Å². The van der Waals surface area contributed by atoms with E-state index in [0.29, 0.717) is 13.2 Å². The van der Waals surface area contributed by atoms with Gasteiger partial charge in [-0.15, -0.1) is 0 Å². The summed E-state index contributed by atoms with van der Waals surface area (Å²) in [5, 5.41) is 0. The molecule has 0 aliphatic carbocycles. The number of ether oxygens (including phenoxy) is 1. The zero-order valence-electron chi connectivity index (χ0n) is 24.5. The van der Waals surface area contributed by atoms with Gasteiger partial charge in [-0.05, 0) is 90.7 Å². The standard InChI is InChI=1S/C25H51NO5Si4/c1-26(21-17-15-14-16-18-21)20-25(31-35(11,12)13)24(30-34(8,9)10)23(29-33(5,6)7)22(19-27-25)28-32(2,3)4/h14-18,22-24H,19-20H2,1-13H3. The monoisotopic (exact) mass is 557 g/mol. The third kappa shape index (κ3) is 10.2. The van der Waals surface area contributed by atoms with Gasteiger partial charge in [0.25, 0.3) is 0 Å². The molecule has 0 bridgehead atoms. The molecule has 1 aromatic carbocycles. The fourth-order valence-corrected chi connectivity index (χ4v) is 8.92. The molecular weight excluding hydrogens is 507 g/mol. The molecule has 0 spiro atoms. The molecule has 2 rings (SSSR count). The summed E-state index contributed by atoms with van der Waals surface area (Å²) in [6, 6.07) is 10.4. The SMILES string of the molecule is CN(CC1(O[Si](C)(C)C)OCC(O[Si](C)(C)C)C(O[Si](C)(C)C)C1O[Si](C)(C)C)c1ccccc1. The minimum Gasteiger partial charge on any atom is -0.410 e. The smallest absolute Gasteiger partial charge is 0.205 e. The number of hydrogen-bond acceptors (Lipinski definition) is 6. The molecule has 0 radical (unpaired) electrons. The van der Waals surface area contributed by atoms with Crippen LogP contribution in [0, 0.1) is 0 Å². The predicted octanol–water partition coefficient (Wildman–Crippen LogP) is 6.36. The molecule has 10 heteroatoms. The Morgan fingerprint density at radius 2 is 1.29 bits per heavy atom. The summed E-state index contributed by atoms with van der Waals surface area (Å²) in [4.78, 5) is 2.21. The lowest BCUT2D eigenvalue weighted by Crippen LogP contribution is -2.72. The fourth-order valence-electron chi connectivity index (χ4n) is 4.36. The highest BCUT2D eigenvalue weighted by Gasteiger charge is 2.57. The number of anilines is 1. The largest absolute Gasteiger partial charge is 0.410 e. The van der Waals surface area contributed by atoms with Gasteiger partial charge < -0.3 is 27.3 Å². The fraction of sp³-hybridized carbons (Fsp3) is 0.760. The zero-order valence-corrected chi connectivity index (χ0v) is 28.5. The second-order valence-corrected chi connectivity index (χ2v) is 31.5. The Balaban J connectivity index is 2.63. The molecular formula is C25H51NO5Si4. The highest BCUT2D eigenvalue weighted by Crippen LogP contribution is 2.39. The molecule has 1 heterocycles. The third-order valence-corrected chi connectivity index (χ3v) is 9.11. The van der Waals surface area contributed by atoms with Crippen LogP contribution >= 0.6 is 0 Å². The number of benzene rings is 1. The lowest BCUT2D eigenvalue weighted by atomic mass is 9.96. The average molecular weight is 558 g/mol. The maximum absolute atomic E-state index is 7.00. The second-order valence-electron chi connectivity index (χ2n) is 13.6. The van der Waals surface area contributed by atoms with E-state index in [1.54, 1.807) is 0 Å². The maximum Gasteiger partial charge on any atom is 0.205 e. The van der Waals surface area contributed by atoms with Crippen LogP contribution in [0.3, 0.4) is 0 Å². The van der Waals surface area contributed by atoms with E-state index in [2.05, 4.69) is 115 Å². The van der Waals surface area contributed by atoms with Gasteiger partial charge in [0.15, 0.2) is 33.3 Å². The van der Waals surface area contributed by atoms with Crippen molar-refractivity contribution in [3.05, 3.63) is 30.3 Å². The van der Waals surface area contributed by atoms with Crippen LogP contribution in [0.4, 0.5) is 5.69 Å². The number of rotatable bonds is 11. The van der Waals surface area contributed by atoms with Gasteiger partial charge in [-0.25, -0.2) is 0 Å². The molecule has 0 aromatic heterocycles. The minimum atomic E-state index is -2.05. The Labute approximate surface area is 219 Å². The van der Waals surface area contributed by atoms with Crippen LogP contribution in [-0.4, -0.2) is 77.6 Å². The Kier molecular flexibility index (Phi) is 9.89. The first-order chi connectivity index (χ1) is 15.7. The van der Waals surface area contributed by atoms with E-state index in [9.17, 15) is 0 Å². The lowest BCUT2D eigenvalue weighted by molar-refractivity contribution is -0.297. The number of hydrogen-bond donors (Lipinski definition) is 0. The Morgan fingerprint density at radius 3 is 1.74 bits per heavy atom. The van der Waals surface area contributed by atoms with E-state index in [1.165, 1.54) is 0 Å². The van der Waals surface area contributed by atoms with E-state index in [-0.39, 0.29) is 12.2 Å². The first-order valence-corrected chi connectivity index (χ1v) is 26.5. The van der Waals surface area contributed by atoms with Crippen molar-refractivity contribution in [1.29, 1.82) is 0 Å². The molecule has 1 aliphatic rings. The van der Waals surface area contributed by atoms with Crippen LogP contribution in [0.5, 0.6) is 0 Å². The van der Waals surface area contributed by atoms with Crippen LogP contribution in [0.25, 0.3) is 0 Å². The van der Waals surface area contributed by atoms with Crippen molar-refractivity contribution in [3.8, 4) is 0 Å². The van der Waals surface area contributed by atoms with Gasteiger partial charge in [0.1, 0.15) is 12.2 Å². The molecule has 1 aromatic rings. The highest BCUT2D eigenvalue weighted by atomic mass is 28.4. The molecule has 1 fully saturated rings. The first kappa shape index (κ1) is 30.9. The quantitative estimate of drug-likeness (QED) is 0.295. The van der Waals surface area contributed by atoms with Crippen molar-refractivity contribution < 1.29 is 22.4 Å². The number of likely N-dealkylation sites (N-methyl/N-ethyl adjacent to an activating group) is 1. The summed E-state index contributed by atoms with van der Waals surface area (Å²) in [6.07, 6.45) is -0.835. The van der Waals surface area contributed by atoms with Crippen LogP contribution in [0.1, 0.15) is 0 Å². The van der Waals surface area contributed by atoms with Crippen LogP contribution in [0.2, 0.25) is 78.6 Å². The molecule has 6 nitrogen and oxygen atoms in total. The first-order valence-electron chi connectivity index (χ1n) is 12.8. The lowest BCUT2D eigenvalue weighted by Gasteiger charge is -2.55. The summed E-state index contributed by atoms with van der Waals surface area (Å²) < 4.78 is 34.4. The molecule has 0 amide bonds. The molecule has 1 aliphatic heterocycles. The van der Waals surface area contributed by atoms with Gasteiger partial charge >= 0.3 is 0 Å². The minimum absolute atomic E-state index is 0.185. The molecule has 35 heavy (non-hydrogen) atoms. The van der Waals surface area contributed by atoms with Crippen molar-refractivity contribution in [2.24, 2.45) is 0 Å². The van der Waals surface area contributed by atoms with Crippen LogP contribution < -0.4 is 4.90 Å². The summed E-state index contributed by atoms with van der Waals surface area (Å²) in [7, 11) is -5.78. The Hall–Kier alpha value is -0.312. The van der Waals surface area contributed by atoms with Crippen LogP contribution in [-0.2, 0) is 22.4 Å². The highest BCUT2D eigenvalue weighted by molar-refractivity contribution is 6.71. The van der Waals surface area contributed by atoms with Crippen molar-refractivity contribution in [1.82, 2.24) is 0 Å². The summed E-state index contributed by atoms with van der Waals surface area (Å²) in [6.45, 7) is 27.6. The van der Waals surface area contributed by atoms with Crippen molar-refractivity contribution >= 4 is 39.0 Å². The maximum atomic E-state index is 7.00. The molecule has 4 atom stereocenters. The van der Waals surface area contributed by atoms with Crippen molar-refractivity contribution in [2.75, 3.05) is 25.1 Å². The van der Waals surface area contributed by atoms with E-state index in [4.69, 9.17) is 22.4 Å². The number of nitrogens with zero attached hydrogens (tertiary/aromatic N) is 1. The van der Waals surface area contributed by atoms with Gasteiger partial charge in [0, 0.05) is 12.7 Å². The van der Waals surface area contributed by atoms with E-state index >= 15 is 0 Å². The van der Waals surface area contributed by atoms with Crippen LogP contribution in [0.15, 0.2) is 30.3 Å². The molecule has 4 unspecified atom stereocenters. The molecule has 0 N–H and O–H groups in total. The zero-order chi connectivity index (χ0) is 26.9. The van der Waals surface area contributed by atoms with Crippen molar-refractivity contribution in [2.45, 2.75) is 103 Å². The van der Waals surface area contributed by atoms with E-state index in [0.717, 1.165) is 5.69 Å². The molecule has 0 saturated carbocycles. The Bertz CT molecular complexity index is 801. The van der Waals surface area contributed by atoms with Gasteiger partial charge in [0.05, 0.1) is 19.3 Å². The second kappa shape index (κ2) is 11.2. The summed E-state index contributed by atoms with van der Waals surface area (Å²) in [5.41, 5.74) is 1.12. The topological polar surface area (TPSA) is 49.4 Å². The van der Waals surface area contributed by atoms with Gasteiger partial charge in [-0.2, -0.15) is 0 Å². The Morgan fingerprint density at radius 1 is 0.771 bits per heavy atom. The summed E-state index contributed by atoms with van der Waals surface area (Å²) >= 11 is 0. The number of para-hydroxylation sites is 1. The van der Waals surface area contributed by atoms with Gasteiger partial charge in [-0.3, -0.25) is 0 Å². The van der Waals surface area contributed by atoms with Gasteiger partial charge in [0.2, 0.25) is 5.79 Å². The predicted molar refractivity (Wildman–Crippen MR) is 157 cm³/mol. The van der Waals surface area contributed by atoms with E-state index < -0.39 is 45.2 Å². The third-order valence-electron chi connectivity index (χ3n) is 5.20. The average Bonchev–Trinajstić information content (AvgIpc) is 2.63. The normalized spacial score (nSPS) is 26.6. The van der Waals surface area contributed by atoms with Gasteiger partial charge in [-0.1, -0.05) is 18.2 Å². The molecule has 202 valence electrons.